The summed E-state index contributed by atoms with van der Waals surface area (Å²) < 4.78 is 0. The molecule has 5 aromatic rings. The molecule has 0 aromatic heterocycles. The number of rotatable bonds is 8. The smallest absolute Gasteiger partial charge is 0.144 e. The van der Waals surface area contributed by atoms with E-state index in [0.29, 0.717) is 9.63 Å². The molecule has 0 aliphatic heterocycles. The third kappa shape index (κ3) is 8.01. The molecule has 0 heterocycles. The van der Waals surface area contributed by atoms with Crippen molar-refractivity contribution >= 4 is 58.4 Å². The Balaban J connectivity index is 0.000000249. The van der Waals surface area contributed by atoms with E-state index in [0.717, 1.165) is 0 Å². The van der Waals surface area contributed by atoms with Gasteiger partial charge in [0, 0.05) is 0 Å². The summed E-state index contributed by atoms with van der Waals surface area (Å²) in [5.41, 5.74) is 2.49. The van der Waals surface area contributed by atoms with Crippen LogP contribution in [-0.2, 0) is 0 Å². The third-order valence-corrected chi connectivity index (χ3v) is 14.2. The molecule has 5 aromatic carbocycles. The summed E-state index contributed by atoms with van der Waals surface area (Å²) in [4.78, 5) is 5.15. The standard InChI is InChI=1S/C24H20P.C12H12N2Se2.HI/c1-5-13-21(14-6-1)25(22-15-7-2-8-16-22,23-17-9-3-10-18-23)24-19-11-4-12-20-24;1-9(15-7-13)11-5-3-4-6-12(11)10(2)16-8-14;/h1-20H;3-6,9-10H,1-2H3;1H/q+1;;/p-1/t;9-,10-;/m.1./s1. The summed E-state index contributed by atoms with van der Waals surface area (Å²) in [7, 11) is -1.91. The molecule has 42 heavy (non-hydrogen) atoms. The maximum atomic E-state index is 8.76. The summed E-state index contributed by atoms with van der Waals surface area (Å²) in [6, 6.07) is 52.0. The van der Waals surface area contributed by atoms with Gasteiger partial charge in [0.15, 0.2) is 0 Å². The maximum absolute atomic E-state index is 8.76. The molecule has 0 saturated carbocycles. The SMILES string of the molecule is C[C@@H]([Se]C#N)c1ccccc1[C@@H](C)[Se]C#N.[I-].c1ccc([P+](c2ccccc2)(c2ccccc2)c2ccccc2)cc1. The molecule has 6 heteroatoms. The van der Waals surface area contributed by atoms with Gasteiger partial charge in [-0.2, -0.15) is 0 Å². The normalized spacial score (nSPS) is 11.8. The molecule has 210 valence electrons. The van der Waals surface area contributed by atoms with E-state index in [1.807, 2.05) is 12.1 Å². The first-order valence-corrected chi connectivity index (χ1v) is 18.9. The first-order chi connectivity index (χ1) is 20.1. The Labute approximate surface area is 280 Å². The topological polar surface area (TPSA) is 47.6 Å². The molecule has 0 N–H and O–H groups in total. The Bertz CT molecular complexity index is 1380. The number of hydrogen-bond acceptors (Lipinski definition) is 2. The molecule has 0 fully saturated rings. The fourth-order valence-corrected chi connectivity index (χ4v) is 11.4. The predicted octanol–water partition coefficient (Wildman–Crippen LogP) is 3.49. The molecular formula is C36H32IN2PSe2. The molecular weight excluding hydrogens is 776 g/mol. The van der Waals surface area contributed by atoms with Crippen molar-refractivity contribution < 1.29 is 24.0 Å². The molecule has 2 nitrogen and oxygen atoms in total. The van der Waals surface area contributed by atoms with E-state index >= 15 is 0 Å². The van der Waals surface area contributed by atoms with E-state index < -0.39 is 7.26 Å². The summed E-state index contributed by atoms with van der Waals surface area (Å²) in [6.07, 6.45) is 0. The molecule has 0 spiro atoms. The summed E-state index contributed by atoms with van der Waals surface area (Å²) in [5, 5.41) is 23.1. The molecule has 0 bridgehead atoms. The van der Waals surface area contributed by atoms with Gasteiger partial charge in [0.25, 0.3) is 0 Å². The average Bonchev–Trinajstić information content (AvgIpc) is 3.04. The van der Waals surface area contributed by atoms with Crippen LogP contribution in [0.15, 0.2) is 146 Å². The van der Waals surface area contributed by atoms with Gasteiger partial charge in [-0.25, -0.2) is 0 Å². The van der Waals surface area contributed by atoms with Crippen LogP contribution in [0.3, 0.4) is 0 Å². The van der Waals surface area contributed by atoms with Crippen LogP contribution in [0.4, 0.5) is 0 Å². The van der Waals surface area contributed by atoms with Crippen molar-refractivity contribution in [1.29, 1.82) is 10.5 Å². The minimum Gasteiger partial charge on any atom is -1.00 e. The second-order valence-corrected chi connectivity index (χ2v) is 17.5. The van der Waals surface area contributed by atoms with Crippen molar-refractivity contribution in [3.05, 3.63) is 157 Å². The monoisotopic (exact) mass is 810 g/mol. The van der Waals surface area contributed by atoms with E-state index in [9.17, 15) is 0 Å². The van der Waals surface area contributed by atoms with Crippen molar-refractivity contribution in [3.8, 4) is 9.94 Å². The second-order valence-electron chi connectivity index (χ2n) is 9.34. The van der Waals surface area contributed by atoms with Gasteiger partial charge in [0.1, 0.15) is 28.5 Å². The van der Waals surface area contributed by atoms with Gasteiger partial charge in [0.2, 0.25) is 0 Å². The fraction of sp³-hybridized carbons (Fsp3) is 0.111. The van der Waals surface area contributed by atoms with Gasteiger partial charge >= 0.3 is 109 Å². The Hall–Kier alpha value is -2.72. The van der Waals surface area contributed by atoms with Crippen molar-refractivity contribution in [2.24, 2.45) is 0 Å². The molecule has 5 rings (SSSR count). The first kappa shape index (κ1) is 33.8. The van der Waals surface area contributed by atoms with Crippen LogP contribution in [0.5, 0.6) is 0 Å². The summed E-state index contributed by atoms with van der Waals surface area (Å²) >= 11 is -0.0368. The van der Waals surface area contributed by atoms with Crippen molar-refractivity contribution in [3.63, 3.8) is 0 Å². The minimum absolute atomic E-state index is 0. The van der Waals surface area contributed by atoms with Gasteiger partial charge < -0.3 is 24.0 Å². The zero-order valence-electron chi connectivity index (χ0n) is 23.5. The fourth-order valence-electron chi connectivity index (χ4n) is 5.04. The molecule has 0 amide bonds. The third-order valence-electron chi connectivity index (χ3n) is 6.90. The maximum Gasteiger partial charge on any atom is 0.144 e. The Morgan fingerprint density at radius 1 is 0.452 bits per heavy atom. The van der Waals surface area contributed by atoms with Crippen LogP contribution < -0.4 is 45.2 Å². The molecule has 0 radical (unpaired) electrons. The van der Waals surface area contributed by atoms with Gasteiger partial charge in [-0.05, 0) is 48.5 Å². The Kier molecular flexibility index (Phi) is 14.0. The Morgan fingerprint density at radius 3 is 0.929 bits per heavy atom. The molecule has 0 aliphatic carbocycles. The molecule has 2 atom stereocenters. The largest absolute Gasteiger partial charge is 1.00 e. The molecule has 0 unspecified atom stereocenters. The predicted molar refractivity (Wildman–Crippen MR) is 177 cm³/mol. The van der Waals surface area contributed by atoms with Gasteiger partial charge in [-0.15, -0.1) is 0 Å². The number of halogens is 1. The van der Waals surface area contributed by atoms with Gasteiger partial charge in [-0.3, -0.25) is 0 Å². The van der Waals surface area contributed by atoms with Crippen molar-refractivity contribution in [2.45, 2.75) is 23.5 Å². The van der Waals surface area contributed by atoms with E-state index in [1.165, 1.54) is 32.3 Å². The van der Waals surface area contributed by atoms with Crippen LogP contribution >= 0.6 is 7.26 Å². The van der Waals surface area contributed by atoms with E-state index in [2.05, 4.69) is 157 Å². The van der Waals surface area contributed by atoms with Crippen LogP contribution in [0.25, 0.3) is 0 Å². The zero-order valence-corrected chi connectivity index (χ0v) is 30.0. The molecule has 0 aliphatic rings. The summed E-state index contributed by atoms with van der Waals surface area (Å²) in [6.45, 7) is 4.18. The average molecular weight is 808 g/mol. The second kappa shape index (κ2) is 17.4. The number of hydrogen-bond donors (Lipinski definition) is 0. The first-order valence-electron chi connectivity index (χ1n) is 13.4. The van der Waals surface area contributed by atoms with Crippen LogP contribution in [0.2, 0.25) is 0 Å². The van der Waals surface area contributed by atoms with E-state index in [4.69, 9.17) is 10.5 Å². The number of nitriles is 2. The quantitative estimate of drug-likeness (QED) is 0.137. The minimum atomic E-state index is -1.91. The van der Waals surface area contributed by atoms with Gasteiger partial charge in [-0.1, -0.05) is 72.8 Å². The number of nitrogens with zero attached hydrogens (tertiary/aromatic N) is 2. The zero-order chi connectivity index (χ0) is 28.9. The number of benzene rings is 5. The van der Waals surface area contributed by atoms with Gasteiger partial charge in [0.05, 0.1) is 0 Å². The van der Waals surface area contributed by atoms with Crippen LogP contribution in [0.1, 0.15) is 34.6 Å². The van der Waals surface area contributed by atoms with Crippen molar-refractivity contribution in [1.82, 2.24) is 0 Å². The van der Waals surface area contributed by atoms with Crippen LogP contribution in [-0.4, -0.2) is 29.9 Å². The Morgan fingerprint density at radius 2 is 0.690 bits per heavy atom. The van der Waals surface area contributed by atoms with E-state index in [-0.39, 0.29) is 53.9 Å². The van der Waals surface area contributed by atoms with E-state index in [1.54, 1.807) is 0 Å². The summed E-state index contributed by atoms with van der Waals surface area (Å²) in [5.74, 6) is 0. The van der Waals surface area contributed by atoms with Crippen molar-refractivity contribution in [2.75, 3.05) is 0 Å². The molecule has 0 saturated heterocycles. The van der Waals surface area contributed by atoms with Crippen LogP contribution in [0, 0.1) is 20.5 Å².